The third-order valence-corrected chi connectivity index (χ3v) is 4.97. The molecule has 1 aliphatic heterocycles. The van der Waals surface area contributed by atoms with Gasteiger partial charge >= 0.3 is 0 Å². The number of aliphatic hydroxyl groups excluding tert-OH is 1. The second-order valence-electron chi connectivity index (χ2n) is 6.93. The summed E-state index contributed by atoms with van der Waals surface area (Å²) in [6.07, 6.45) is 13.2. The first kappa shape index (κ1) is 18.9. The van der Waals surface area contributed by atoms with Crippen LogP contribution >= 0.6 is 0 Å². The molecule has 4 heteroatoms. The number of hydrogen-bond acceptors (Lipinski definition) is 3. The van der Waals surface area contributed by atoms with Gasteiger partial charge in [-0.3, -0.25) is 9.78 Å². The molecule has 134 valence electrons. The zero-order valence-electron chi connectivity index (χ0n) is 15.0. The minimum Gasteiger partial charge on any atom is -0.393 e. The third kappa shape index (κ3) is 5.90. The van der Waals surface area contributed by atoms with Crippen LogP contribution in [0.2, 0.25) is 0 Å². The largest absolute Gasteiger partial charge is 0.393 e. The summed E-state index contributed by atoms with van der Waals surface area (Å²) >= 11 is 0. The van der Waals surface area contributed by atoms with E-state index in [9.17, 15) is 9.90 Å². The van der Waals surface area contributed by atoms with E-state index in [1.165, 1.54) is 25.7 Å². The standard InChI is InChI=1S/C20H32N2O2/c1-2-3-4-5-6-10-18(23)12-13-20(24)22-15-8-11-19(22)17-9-7-14-21-16-17/h7,9,14,16,18-19,23H,2-6,8,10-13,15H2,1H3. The number of nitrogens with zero attached hydrogens (tertiary/aromatic N) is 2. The average Bonchev–Trinajstić information content (AvgIpc) is 3.10. The van der Waals surface area contributed by atoms with Crippen molar-refractivity contribution in [3.05, 3.63) is 30.1 Å². The van der Waals surface area contributed by atoms with Crippen molar-refractivity contribution in [3.63, 3.8) is 0 Å². The topological polar surface area (TPSA) is 53.4 Å². The Balaban J connectivity index is 1.71. The highest BCUT2D eigenvalue weighted by molar-refractivity contribution is 5.77. The molecular formula is C20H32N2O2. The van der Waals surface area contributed by atoms with E-state index in [-0.39, 0.29) is 18.1 Å². The zero-order valence-corrected chi connectivity index (χ0v) is 15.0. The van der Waals surface area contributed by atoms with Gasteiger partial charge in [0, 0.05) is 25.4 Å². The van der Waals surface area contributed by atoms with Crippen LogP contribution in [-0.2, 0) is 4.79 Å². The number of pyridine rings is 1. The van der Waals surface area contributed by atoms with Crippen LogP contribution < -0.4 is 0 Å². The van der Waals surface area contributed by atoms with E-state index < -0.39 is 0 Å². The van der Waals surface area contributed by atoms with Crippen LogP contribution in [0.4, 0.5) is 0 Å². The van der Waals surface area contributed by atoms with Gasteiger partial charge in [0.1, 0.15) is 0 Å². The summed E-state index contributed by atoms with van der Waals surface area (Å²) in [5.74, 6) is 0.173. The van der Waals surface area contributed by atoms with Crippen LogP contribution in [0.25, 0.3) is 0 Å². The molecule has 1 aromatic rings. The Morgan fingerprint density at radius 1 is 1.33 bits per heavy atom. The van der Waals surface area contributed by atoms with E-state index in [2.05, 4.69) is 18.0 Å². The van der Waals surface area contributed by atoms with Crippen molar-refractivity contribution in [2.75, 3.05) is 6.54 Å². The number of rotatable bonds is 10. The first-order valence-electron chi connectivity index (χ1n) is 9.59. The quantitative estimate of drug-likeness (QED) is 0.652. The lowest BCUT2D eigenvalue weighted by Gasteiger charge is -2.25. The number of likely N-dealkylation sites (tertiary alicyclic amines) is 1. The second kappa shape index (κ2) is 10.4. The summed E-state index contributed by atoms with van der Waals surface area (Å²) < 4.78 is 0. The van der Waals surface area contributed by atoms with Gasteiger partial charge in [0.05, 0.1) is 12.1 Å². The number of carbonyl (C=O) groups is 1. The van der Waals surface area contributed by atoms with E-state index in [1.807, 2.05) is 17.2 Å². The Kier molecular flexibility index (Phi) is 8.23. The molecule has 1 amide bonds. The van der Waals surface area contributed by atoms with E-state index in [4.69, 9.17) is 0 Å². The monoisotopic (exact) mass is 332 g/mol. The molecule has 24 heavy (non-hydrogen) atoms. The van der Waals surface area contributed by atoms with Gasteiger partial charge in [-0.1, -0.05) is 45.1 Å². The Bertz CT molecular complexity index is 478. The maximum Gasteiger partial charge on any atom is 0.223 e. The van der Waals surface area contributed by atoms with Gasteiger partial charge in [0.25, 0.3) is 0 Å². The first-order chi connectivity index (χ1) is 11.7. The average molecular weight is 332 g/mol. The summed E-state index contributed by atoms with van der Waals surface area (Å²) in [6, 6.07) is 4.14. The Morgan fingerprint density at radius 3 is 2.92 bits per heavy atom. The van der Waals surface area contributed by atoms with Crippen molar-refractivity contribution in [1.82, 2.24) is 9.88 Å². The van der Waals surface area contributed by atoms with Crippen molar-refractivity contribution < 1.29 is 9.90 Å². The fourth-order valence-electron chi connectivity index (χ4n) is 3.55. The van der Waals surface area contributed by atoms with Crippen LogP contribution in [0.3, 0.4) is 0 Å². The van der Waals surface area contributed by atoms with Gasteiger partial charge in [0.15, 0.2) is 0 Å². The van der Waals surface area contributed by atoms with Crippen LogP contribution in [0.15, 0.2) is 24.5 Å². The lowest BCUT2D eigenvalue weighted by atomic mass is 10.0. The van der Waals surface area contributed by atoms with Gasteiger partial charge in [-0.15, -0.1) is 0 Å². The summed E-state index contributed by atoms with van der Waals surface area (Å²) in [5, 5.41) is 10.1. The summed E-state index contributed by atoms with van der Waals surface area (Å²) in [7, 11) is 0. The highest BCUT2D eigenvalue weighted by atomic mass is 16.3. The molecule has 2 unspecified atom stereocenters. The first-order valence-corrected chi connectivity index (χ1v) is 9.59. The van der Waals surface area contributed by atoms with Crippen molar-refractivity contribution >= 4 is 5.91 Å². The molecule has 0 saturated carbocycles. The molecule has 0 spiro atoms. The number of hydrogen-bond donors (Lipinski definition) is 1. The molecule has 2 atom stereocenters. The van der Waals surface area contributed by atoms with E-state index in [0.29, 0.717) is 12.8 Å². The minimum absolute atomic E-state index is 0.164. The minimum atomic E-state index is -0.338. The Morgan fingerprint density at radius 2 is 2.17 bits per heavy atom. The molecule has 0 aromatic carbocycles. The fourth-order valence-corrected chi connectivity index (χ4v) is 3.55. The van der Waals surface area contributed by atoms with Crippen LogP contribution in [0.1, 0.15) is 82.7 Å². The second-order valence-corrected chi connectivity index (χ2v) is 6.93. The maximum absolute atomic E-state index is 12.5. The summed E-state index contributed by atoms with van der Waals surface area (Å²) in [4.78, 5) is 18.7. The molecule has 4 nitrogen and oxygen atoms in total. The van der Waals surface area contributed by atoms with Crippen molar-refractivity contribution in [2.45, 2.75) is 83.3 Å². The molecular weight excluding hydrogens is 300 g/mol. The predicted molar refractivity (Wildman–Crippen MR) is 96.5 cm³/mol. The van der Waals surface area contributed by atoms with E-state index in [0.717, 1.165) is 37.8 Å². The molecule has 1 fully saturated rings. The Hall–Kier alpha value is -1.42. The van der Waals surface area contributed by atoms with E-state index >= 15 is 0 Å². The van der Waals surface area contributed by atoms with Gasteiger partial charge in [-0.05, 0) is 37.3 Å². The van der Waals surface area contributed by atoms with Gasteiger partial charge < -0.3 is 10.0 Å². The summed E-state index contributed by atoms with van der Waals surface area (Å²) in [6.45, 7) is 3.03. The number of unbranched alkanes of at least 4 members (excludes halogenated alkanes) is 4. The summed E-state index contributed by atoms with van der Waals surface area (Å²) in [5.41, 5.74) is 1.12. The molecule has 2 heterocycles. The zero-order chi connectivity index (χ0) is 17.2. The van der Waals surface area contributed by atoms with Crippen LogP contribution in [0.5, 0.6) is 0 Å². The highest BCUT2D eigenvalue weighted by Gasteiger charge is 2.29. The fraction of sp³-hybridized carbons (Fsp3) is 0.700. The number of amides is 1. The van der Waals surface area contributed by atoms with Gasteiger partial charge in [-0.2, -0.15) is 0 Å². The van der Waals surface area contributed by atoms with Gasteiger partial charge in [0.2, 0.25) is 5.91 Å². The number of carbonyl (C=O) groups excluding carboxylic acids is 1. The normalized spacial score (nSPS) is 18.8. The lowest BCUT2D eigenvalue weighted by molar-refractivity contribution is -0.132. The molecule has 1 N–H and O–H groups in total. The van der Waals surface area contributed by atoms with Crippen molar-refractivity contribution in [2.24, 2.45) is 0 Å². The molecule has 1 aliphatic rings. The van der Waals surface area contributed by atoms with Crippen LogP contribution in [0, 0.1) is 0 Å². The van der Waals surface area contributed by atoms with Crippen molar-refractivity contribution in [3.8, 4) is 0 Å². The molecule has 0 aliphatic carbocycles. The smallest absolute Gasteiger partial charge is 0.223 e. The molecule has 0 radical (unpaired) electrons. The number of aromatic nitrogens is 1. The van der Waals surface area contributed by atoms with Gasteiger partial charge in [-0.25, -0.2) is 0 Å². The Labute approximate surface area is 146 Å². The van der Waals surface area contributed by atoms with Crippen LogP contribution in [-0.4, -0.2) is 33.5 Å². The molecule has 2 rings (SSSR count). The molecule has 0 bridgehead atoms. The highest BCUT2D eigenvalue weighted by Crippen LogP contribution is 2.32. The third-order valence-electron chi connectivity index (χ3n) is 4.97. The molecule has 1 saturated heterocycles. The molecule has 1 aromatic heterocycles. The lowest BCUT2D eigenvalue weighted by Crippen LogP contribution is -2.31. The number of aliphatic hydroxyl groups is 1. The maximum atomic E-state index is 12.5. The van der Waals surface area contributed by atoms with Crippen molar-refractivity contribution in [1.29, 1.82) is 0 Å². The van der Waals surface area contributed by atoms with E-state index in [1.54, 1.807) is 6.20 Å². The SMILES string of the molecule is CCCCCCCC(O)CCC(=O)N1CCCC1c1cccnc1. The predicted octanol–water partition coefficient (Wildman–Crippen LogP) is 4.25.